The second-order valence-corrected chi connectivity index (χ2v) is 3.85. The molecule has 1 atom stereocenters. The molecule has 0 amide bonds. The molecule has 0 aromatic heterocycles. The molecular weight excluding hydrogens is 184 g/mol. The highest BCUT2D eigenvalue weighted by Gasteiger charge is 2.35. The van der Waals surface area contributed by atoms with Crippen molar-refractivity contribution >= 4 is 11.8 Å². The molecule has 0 aromatic rings. The van der Waals surface area contributed by atoms with E-state index in [4.69, 9.17) is 9.84 Å². The summed E-state index contributed by atoms with van der Waals surface area (Å²) in [6, 6.07) is 0. The lowest BCUT2D eigenvalue weighted by Gasteiger charge is -2.32. The van der Waals surface area contributed by atoms with E-state index in [1.807, 2.05) is 0 Å². The van der Waals surface area contributed by atoms with E-state index in [0.29, 0.717) is 13.0 Å². The number of carboxylic acids is 1. The second-order valence-electron chi connectivity index (χ2n) is 3.85. The first-order chi connectivity index (χ1) is 6.54. The quantitative estimate of drug-likeness (QED) is 0.744. The minimum atomic E-state index is -0.933. The molecule has 0 radical (unpaired) electrons. The number of rotatable bonds is 4. The van der Waals surface area contributed by atoms with Crippen LogP contribution in [0.4, 0.5) is 0 Å². The van der Waals surface area contributed by atoms with Gasteiger partial charge < -0.3 is 9.84 Å². The molecule has 0 bridgehead atoms. The minimum Gasteiger partial charge on any atom is -0.481 e. The summed E-state index contributed by atoms with van der Waals surface area (Å²) in [4.78, 5) is 21.9. The molecule has 0 aromatic carbocycles. The SMILES string of the molecule is CC1(C(=O)CCC(=O)O)CCCCO1. The van der Waals surface area contributed by atoms with Crippen LogP contribution in [0.25, 0.3) is 0 Å². The fourth-order valence-corrected chi connectivity index (χ4v) is 1.64. The molecule has 1 heterocycles. The van der Waals surface area contributed by atoms with Gasteiger partial charge in [0.2, 0.25) is 0 Å². The van der Waals surface area contributed by atoms with Gasteiger partial charge in [-0.1, -0.05) is 0 Å². The summed E-state index contributed by atoms with van der Waals surface area (Å²) in [5.74, 6) is -1.02. The fraction of sp³-hybridized carbons (Fsp3) is 0.800. The molecule has 1 N–H and O–H groups in total. The molecule has 1 saturated heterocycles. The van der Waals surface area contributed by atoms with Gasteiger partial charge in [-0.25, -0.2) is 0 Å². The molecular formula is C10H16O4. The number of ketones is 1. The minimum absolute atomic E-state index is 0.0752. The molecule has 1 aliphatic rings. The molecule has 1 rings (SSSR count). The third-order valence-electron chi connectivity index (χ3n) is 2.62. The van der Waals surface area contributed by atoms with Crippen LogP contribution in [0.2, 0.25) is 0 Å². The average molecular weight is 200 g/mol. The topological polar surface area (TPSA) is 63.6 Å². The van der Waals surface area contributed by atoms with Crippen molar-refractivity contribution in [3.63, 3.8) is 0 Å². The lowest BCUT2D eigenvalue weighted by molar-refractivity contribution is -0.150. The maximum absolute atomic E-state index is 11.6. The van der Waals surface area contributed by atoms with E-state index < -0.39 is 11.6 Å². The van der Waals surface area contributed by atoms with Crippen LogP contribution in [-0.4, -0.2) is 29.1 Å². The standard InChI is InChI=1S/C10H16O4/c1-10(6-2-3-7-14-10)8(11)4-5-9(12)13/h2-7H2,1H3,(H,12,13). The lowest BCUT2D eigenvalue weighted by atomic mass is 9.89. The monoisotopic (exact) mass is 200 g/mol. The van der Waals surface area contributed by atoms with Crippen LogP contribution < -0.4 is 0 Å². The van der Waals surface area contributed by atoms with Gasteiger partial charge in [-0.3, -0.25) is 9.59 Å². The number of Topliss-reactive ketones (excluding diaryl/α,β-unsaturated/α-hetero) is 1. The predicted molar refractivity (Wildman–Crippen MR) is 50.1 cm³/mol. The highest BCUT2D eigenvalue weighted by atomic mass is 16.5. The normalized spacial score (nSPS) is 27.2. The van der Waals surface area contributed by atoms with Crippen LogP contribution in [0.1, 0.15) is 39.0 Å². The Hall–Kier alpha value is -0.900. The molecule has 1 aliphatic heterocycles. The Labute approximate surface area is 83.2 Å². The largest absolute Gasteiger partial charge is 0.481 e. The number of carbonyl (C=O) groups is 2. The van der Waals surface area contributed by atoms with Gasteiger partial charge in [0.25, 0.3) is 0 Å². The van der Waals surface area contributed by atoms with Crippen molar-refractivity contribution in [2.45, 2.75) is 44.6 Å². The van der Waals surface area contributed by atoms with Gasteiger partial charge in [0.05, 0.1) is 6.42 Å². The Morgan fingerprint density at radius 1 is 1.36 bits per heavy atom. The molecule has 14 heavy (non-hydrogen) atoms. The molecule has 0 aliphatic carbocycles. The van der Waals surface area contributed by atoms with E-state index in [0.717, 1.165) is 12.8 Å². The van der Waals surface area contributed by atoms with Gasteiger partial charge in [-0.15, -0.1) is 0 Å². The van der Waals surface area contributed by atoms with Crippen LogP contribution >= 0.6 is 0 Å². The third kappa shape index (κ3) is 2.80. The highest BCUT2D eigenvalue weighted by Crippen LogP contribution is 2.26. The van der Waals surface area contributed by atoms with Crippen molar-refractivity contribution < 1.29 is 19.4 Å². The number of carboxylic acid groups (broad SMARTS) is 1. The van der Waals surface area contributed by atoms with Crippen LogP contribution in [0.5, 0.6) is 0 Å². The molecule has 1 unspecified atom stereocenters. The highest BCUT2D eigenvalue weighted by molar-refractivity contribution is 5.89. The third-order valence-corrected chi connectivity index (χ3v) is 2.62. The van der Waals surface area contributed by atoms with Crippen LogP contribution in [0.3, 0.4) is 0 Å². The smallest absolute Gasteiger partial charge is 0.303 e. The van der Waals surface area contributed by atoms with Crippen molar-refractivity contribution in [1.29, 1.82) is 0 Å². The average Bonchev–Trinajstić information content (AvgIpc) is 2.15. The first kappa shape index (κ1) is 11.2. The van der Waals surface area contributed by atoms with Crippen molar-refractivity contribution in [3.8, 4) is 0 Å². The van der Waals surface area contributed by atoms with Gasteiger partial charge in [0.15, 0.2) is 5.78 Å². The molecule has 1 fully saturated rings. The molecule has 80 valence electrons. The zero-order valence-electron chi connectivity index (χ0n) is 8.41. The van der Waals surface area contributed by atoms with E-state index in [1.165, 1.54) is 0 Å². The molecule has 0 spiro atoms. The first-order valence-corrected chi connectivity index (χ1v) is 4.94. The maximum Gasteiger partial charge on any atom is 0.303 e. The Bertz CT molecular complexity index is 228. The van der Waals surface area contributed by atoms with Gasteiger partial charge in [0.1, 0.15) is 5.60 Å². The van der Waals surface area contributed by atoms with Crippen molar-refractivity contribution in [3.05, 3.63) is 0 Å². The van der Waals surface area contributed by atoms with Crippen LogP contribution in [-0.2, 0) is 14.3 Å². The Morgan fingerprint density at radius 3 is 2.57 bits per heavy atom. The van der Waals surface area contributed by atoms with Crippen molar-refractivity contribution in [2.24, 2.45) is 0 Å². The second kappa shape index (κ2) is 4.55. The number of ether oxygens (including phenoxy) is 1. The number of hydrogen-bond donors (Lipinski definition) is 1. The van der Waals surface area contributed by atoms with Gasteiger partial charge in [-0.05, 0) is 26.2 Å². The van der Waals surface area contributed by atoms with Crippen LogP contribution in [0.15, 0.2) is 0 Å². The lowest BCUT2D eigenvalue weighted by Crippen LogP contribution is -2.41. The van der Waals surface area contributed by atoms with E-state index >= 15 is 0 Å². The summed E-state index contributed by atoms with van der Waals surface area (Å²) in [5.41, 5.74) is -0.728. The van der Waals surface area contributed by atoms with Crippen LogP contribution in [0, 0.1) is 0 Å². The fourth-order valence-electron chi connectivity index (χ4n) is 1.64. The van der Waals surface area contributed by atoms with E-state index in [-0.39, 0.29) is 18.6 Å². The summed E-state index contributed by atoms with van der Waals surface area (Å²) >= 11 is 0. The molecule has 4 heteroatoms. The zero-order chi connectivity index (χ0) is 10.6. The first-order valence-electron chi connectivity index (χ1n) is 4.94. The van der Waals surface area contributed by atoms with E-state index in [9.17, 15) is 9.59 Å². The molecule has 0 saturated carbocycles. The maximum atomic E-state index is 11.6. The summed E-state index contributed by atoms with van der Waals surface area (Å²) in [6.45, 7) is 2.37. The summed E-state index contributed by atoms with van der Waals surface area (Å²) < 4.78 is 5.42. The van der Waals surface area contributed by atoms with Gasteiger partial charge in [-0.2, -0.15) is 0 Å². The summed E-state index contributed by atoms with van der Waals surface area (Å²) in [6.07, 6.45) is 2.66. The van der Waals surface area contributed by atoms with Gasteiger partial charge >= 0.3 is 5.97 Å². The number of aliphatic carboxylic acids is 1. The zero-order valence-corrected chi connectivity index (χ0v) is 8.41. The Kier molecular flexibility index (Phi) is 3.63. The predicted octanol–water partition coefficient (Wildman–Crippen LogP) is 1.38. The summed E-state index contributed by atoms with van der Waals surface area (Å²) in [7, 11) is 0. The van der Waals surface area contributed by atoms with E-state index in [2.05, 4.69) is 0 Å². The number of carbonyl (C=O) groups excluding carboxylic acids is 1. The summed E-state index contributed by atoms with van der Waals surface area (Å²) in [5, 5.41) is 8.45. The van der Waals surface area contributed by atoms with E-state index in [1.54, 1.807) is 6.92 Å². The van der Waals surface area contributed by atoms with Gasteiger partial charge in [0, 0.05) is 13.0 Å². The van der Waals surface area contributed by atoms with Crippen molar-refractivity contribution in [2.75, 3.05) is 6.61 Å². The molecule has 4 nitrogen and oxygen atoms in total. The number of hydrogen-bond acceptors (Lipinski definition) is 3. The Morgan fingerprint density at radius 2 is 2.07 bits per heavy atom. The van der Waals surface area contributed by atoms with Crippen molar-refractivity contribution in [1.82, 2.24) is 0 Å². The Balaban J connectivity index is 2.45.